The Labute approximate surface area is 123 Å². The maximum absolute atomic E-state index is 12.5. The number of nitrogens with one attached hydrogen (secondary N) is 1. The lowest BCUT2D eigenvalue weighted by Crippen LogP contribution is -2.51. The second-order valence-electron chi connectivity index (χ2n) is 5.57. The van der Waals surface area contributed by atoms with Gasteiger partial charge in [-0.15, -0.1) is 0 Å². The third kappa shape index (κ3) is 3.18. The number of aryl methyl sites for hydroxylation is 1. The van der Waals surface area contributed by atoms with Gasteiger partial charge in [0.15, 0.2) is 0 Å². The molecule has 3 nitrogen and oxygen atoms in total. The topological polar surface area (TPSA) is 32.3 Å². The molecule has 0 radical (unpaired) electrons. The zero-order valence-electron chi connectivity index (χ0n) is 11.8. The standard InChI is InChI=1S/C15H21BrN2O/c1-11-10-12(4-5-13(11)16)14(19)18-8-6-15(2,17-3)7-9-18/h4-5,10,17H,6-9H2,1-3H3. The third-order valence-electron chi connectivity index (χ3n) is 4.16. The van der Waals surface area contributed by atoms with Gasteiger partial charge < -0.3 is 10.2 Å². The minimum atomic E-state index is 0.147. The van der Waals surface area contributed by atoms with Gasteiger partial charge in [0, 0.05) is 28.7 Å². The predicted octanol–water partition coefficient (Wildman–Crippen LogP) is 2.97. The predicted molar refractivity (Wildman–Crippen MR) is 81.5 cm³/mol. The molecule has 0 spiro atoms. The highest BCUT2D eigenvalue weighted by Crippen LogP contribution is 2.23. The summed E-state index contributed by atoms with van der Waals surface area (Å²) in [6.45, 7) is 5.88. The molecule has 1 saturated heterocycles. The Kier molecular flexibility index (Phi) is 4.31. The van der Waals surface area contributed by atoms with E-state index in [2.05, 4.69) is 28.2 Å². The fraction of sp³-hybridized carbons (Fsp3) is 0.533. The first-order valence-corrected chi connectivity index (χ1v) is 7.49. The number of piperidine rings is 1. The molecule has 104 valence electrons. The Balaban J connectivity index is 2.07. The van der Waals surface area contributed by atoms with Crippen molar-refractivity contribution < 1.29 is 4.79 Å². The van der Waals surface area contributed by atoms with Gasteiger partial charge in [-0.05, 0) is 57.5 Å². The monoisotopic (exact) mass is 324 g/mol. The molecule has 0 aliphatic carbocycles. The van der Waals surface area contributed by atoms with E-state index in [0.717, 1.165) is 41.5 Å². The normalized spacial score (nSPS) is 18.4. The second kappa shape index (κ2) is 5.63. The first-order valence-electron chi connectivity index (χ1n) is 6.69. The summed E-state index contributed by atoms with van der Waals surface area (Å²) in [4.78, 5) is 14.4. The van der Waals surface area contributed by atoms with Crippen molar-refractivity contribution in [3.63, 3.8) is 0 Å². The van der Waals surface area contributed by atoms with E-state index in [4.69, 9.17) is 0 Å². The van der Waals surface area contributed by atoms with Crippen molar-refractivity contribution in [2.24, 2.45) is 0 Å². The number of hydrogen-bond donors (Lipinski definition) is 1. The minimum absolute atomic E-state index is 0.147. The average molecular weight is 325 g/mol. The van der Waals surface area contributed by atoms with Crippen molar-refractivity contribution in [3.05, 3.63) is 33.8 Å². The molecule has 0 saturated carbocycles. The third-order valence-corrected chi connectivity index (χ3v) is 5.05. The first kappa shape index (κ1) is 14.5. The van der Waals surface area contributed by atoms with Crippen LogP contribution in [-0.2, 0) is 0 Å². The number of benzene rings is 1. The van der Waals surface area contributed by atoms with Gasteiger partial charge in [-0.3, -0.25) is 4.79 Å². The van der Waals surface area contributed by atoms with Crippen LogP contribution in [-0.4, -0.2) is 36.5 Å². The Hall–Kier alpha value is -0.870. The van der Waals surface area contributed by atoms with Crippen molar-refractivity contribution in [1.29, 1.82) is 0 Å². The summed E-state index contributed by atoms with van der Waals surface area (Å²) in [5.41, 5.74) is 2.06. The van der Waals surface area contributed by atoms with E-state index in [1.165, 1.54) is 0 Å². The maximum atomic E-state index is 12.5. The lowest BCUT2D eigenvalue weighted by atomic mass is 9.89. The zero-order chi connectivity index (χ0) is 14.0. The van der Waals surface area contributed by atoms with Gasteiger partial charge >= 0.3 is 0 Å². The molecule has 4 heteroatoms. The molecule has 1 aliphatic heterocycles. The average Bonchev–Trinajstić information content (AvgIpc) is 2.42. The quantitative estimate of drug-likeness (QED) is 0.907. The molecule has 0 aromatic heterocycles. The molecule has 2 rings (SSSR count). The number of hydrogen-bond acceptors (Lipinski definition) is 2. The summed E-state index contributed by atoms with van der Waals surface area (Å²) in [7, 11) is 2.00. The highest BCUT2D eigenvalue weighted by molar-refractivity contribution is 9.10. The maximum Gasteiger partial charge on any atom is 0.253 e. The zero-order valence-corrected chi connectivity index (χ0v) is 13.4. The molecule has 0 bridgehead atoms. The summed E-state index contributed by atoms with van der Waals surface area (Å²) >= 11 is 3.47. The SMILES string of the molecule is CNC1(C)CCN(C(=O)c2ccc(Br)c(C)c2)CC1. The van der Waals surface area contributed by atoms with Crippen LogP contribution in [0.5, 0.6) is 0 Å². The van der Waals surface area contributed by atoms with E-state index in [0.29, 0.717) is 0 Å². The highest BCUT2D eigenvalue weighted by atomic mass is 79.9. The van der Waals surface area contributed by atoms with Crippen LogP contribution in [0.25, 0.3) is 0 Å². The number of carbonyl (C=O) groups is 1. The van der Waals surface area contributed by atoms with Gasteiger partial charge in [0.05, 0.1) is 0 Å². The molecule has 19 heavy (non-hydrogen) atoms. The summed E-state index contributed by atoms with van der Waals surface area (Å²) in [6.07, 6.45) is 2.01. The van der Waals surface area contributed by atoms with Gasteiger partial charge in [0.2, 0.25) is 0 Å². The number of rotatable bonds is 2. The number of halogens is 1. The van der Waals surface area contributed by atoms with Crippen molar-refractivity contribution in [2.45, 2.75) is 32.2 Å². The van der Waals surface area contributed by atoms with E-state index >= 15 is 0 Å². The summed E-state index contributed by atoms with van der Waals surface area (Å²) < 4.78 is 1.05. The fourth-order valence-corrected chi connectivity index (χ4v) is 2.66. The molecule has 1 N–H and O–H groups in total. The molecule has 1 aromatic carbocycles. The first-order chi connectivity index (χ1) is 8.95. The van der Waals surface area contributed by atoms with Crippen molar-refractivity contribution in [3.8, 4) is 0 Å². The van der Waals surface area contributed by atoms with E-state index in [-0.39, 0.29) is 11.4 Å². The van der Waals surface area contributed by atoms with Gasteiger partial charge in [-0.25, -0.2) is 0 Å². The van der Waals surface area contributed by atoms with Crippen LogP contribution in [0, 0.1) is 6.92 Å². The van der Waals surface area contributed by atoms with Crippen molar-refractivity contribution in [2.75, 3.05) is 20.1 Å². The molecule has 1 amide bonds. The summed E-state index contributed by atoms with van der Waals surface area (Å²) in [6, 6.07) is 5.80. The van der Waals surface area contributed by atoms with Crippen LogP contribution < -0.4 is 5.32 Å². The Morgan fingerprint density at radius 3 is 2.53 bits per heavy atom. The number of nitrogens with zero attached hydrogens (tertiary/aromatic N) is 1. The minimum Gasteiger partial charge on any atom is -0.339 e. The van der Waals surface area contributed by atoms with Crippen molar-refractivity contribution in [1.82, 2.24) is 10.2 Å². The Morgan fingerprint density at radius 1 is 1.37 bits per heavy atom. The molecule has 1 fully saturated rings. The summed E-state index contributed by atoms with van der Waals surface area (Å²) in [5.74, 6) is 0.147. The van der Waals surface area contributed by atoms with Crippen LogP contribution in [0.2, 0.25) is 0 Å². The molecule has 1 heterocycles. The second-order valence-corrected chi connectivity index (χ2v) is 6.42. The molecular formula is C15H21BrN2O. The van der Waals surface area contributed by atoms with Crippen LogP contribution in [0.3, 0.4) is 0 Å². The smallest absolute Gasteiger partial charge is 0.253 e. The molecule has 0 unspecified atom stereocenters. The van der Waals surface area contributed by atoms with E-state index in [1.807, 2.05) is 37.1 Å². The Bertz CT molecular complexity index is 479. The van der Waals surface area contributed by atoms with E-state index < -0.39 is 0 Å². The number of likely N-dealkylation sites (tertiary alicyclic amines) is 1. The lowest BCUT2D eigenvalue weighted by molar-refractivity contribution is 0.0661. The van der Waals surface area contributed by atoms with Crippen LogP contribution in [0.1, 0.15) is 35.7 Å². The summed E-state index contributed by atoms with van der Waals surface area (Å²) in [5, 5.41) is 3.35. The fourth-order valence-electron chi connectivity index (χ4n) is 2.41. The van der Waals surface area contributed by atoms with Crippen LogP contribution >= 0.6 is 15.9 Å². The number of amides is 1. The molecule has 0 atom stereocenters. The van der Waals surface area contributed by atoms with Crippen LogP contribution in [0.4, 0.5) is 0 Å². The van der Waals surface area contributed by atoms with Gasteiger partial charge in [-0.2, -0.15) is 0 Å². The van der Waals surface area contributed by atoms with Crippen LogP contribution in [0.15, 0.2) is 22.7 Å². The largest absolute Gasteiger partial charge is 0.339 e. The van der Waals surface area contributed by atoms with Gasteiger partial charge in [0.1, 0.15) is 0 Å². The van der Waals surface area contributed by atoms with E-state index in [9.17, 15) is 4.79 Å². The number of carbonyl (C=O) groups excluding carboxylic acids is 1. The molecule has 1 aliphatic rings. The van der Waals surface area contributed by atoms with Gasteiger partial charge in [0.25, 0.3) is 5.91 Å². The van der Waals surface area contributed by atoms with E-state index in [1.54, 1.807) is 0 Å². The molecular weight excluding hydrogens is 304 g/mol. The molecule has 1 aromatic rings. The Morgan fingerprint density at radius 2 is 2.00 bits per heavy atom. The highest BCUT2D eigenvalue weighted by Gasteiger charge is 2.30. The lowest BCUT2D eigenvalue weighted by Gasteiger charge is -2.39. The van der Waals surface area contributed by atoms with Crippen molar-refractivity contribution >= 4 is 21.8 Å². The van der Waals surface area contributed by atoms with Gasteiger partial charge in [-0.1, -0.05) is 15.9 Å².